The molecule has 22 heavy (non-hydrogen) atoms. The number of nitrogens with zero attached hydrogens (tertiary/aromatic N) is 2. The molecule has 1 aromatic carbocycles. The Labute approximate surface area is 130 Å². The van der Waals surface area contributed by atoms with Gasteiger partial charge in [-0.05, 0) is 36.3 Å². The molecule has 0 spiro atoms. The van der Waals surface area contributed by atoms with Crippen LogP contribution in [0.25, 0.3) is 11.6 Å². The quantitative estimate of drug-likeness (QED) is 0.914. The molecular weight excluding hydrogens is 276 g/mol. The minimum absolute atomic E-state index is 0.114. The SMILES string of the molecule is CCC(=O)N(C)c1ccc2c(c1)/C(=C/c1cnc[nH]1)CCN2. The van der Waals surface area contributed by atoms with Crippen molar-refractivity contribution in [1.82, 2.24) is 9.97 Å². The van der Waals surface area contributed by atoms with Gasteiger partial charge >= 0.3 is 0 Å². The maximum atomic E-state index is 11.9. The Balaban J connectivity index is 2.00. The van der Waals surface area contributed by atoms with Crippen LogP contribution in [0.15, 0.2) is 30.7 Å². The molecule has 5 nitrogen and oxygen atoms in total. The van der Waals surface area contributed by atoms with Crippen molar-refractivity contribution >= 4 is 28.9 Å². The number of fused-ring (bicyclic) bond motifs is 1. The molecule has 2 aromatic rings. The lowest BCUT2D eigenvalue weighted by molar-refractivity contribution is -0.118. The molecule has 0 aliphatic carbocycles. The monoisotopic (exact) mass is 296 g/mol. The molecule has 1 aromatic heterocycles. The van der Waals surface area contributed by atoms with Crippen LogP contribution in [0.2, 0.25) is 0 Å². The molecule has 1 amide bonds. The number of benzene rings is 1. The molecular formula is C17H20N4O. The maximum absolute atomic E-state index is 11.9. The number of aromatic amines is 1. The first-order valence-electron chi connectivity index (χ1n) is 7.53. The van der Waals surface area contributed by atoms with Gasteiger partial charge in [0.1, 0.15) is 0 Å². The van der Waals surface area contributed by atoms with Crippen molar-refractivity contribution in [1.29, 1.82) is 0 Å². The van der Waals surface area contributed by atoms with E-state index < -0.39 is 0 Å². The highest BCUT2D eigenvalue weighted by molar-refractivity contribution is 5.95. The summed E-state index contributed by atoms with van der Waals surface area (Å²) in [4.78, 5) is 20.8. The van der Waals surface area contributed by atoms with E-state index in [1.165, 1.54) is 5.57 Å². The third kappa shape index (κ3) is 2.74. The molecule has 2 heterocycles. The summed E-state index contributed by atoms with van der Waals surface area (Å²) in [5.74, 6) is 0.114. The molecule has 0 fully saturated rings. The van der Waals surface area contributed by atoms with Gasteiger partial charge in [-0.1, -0.05) is 6.92 Å². The summed E-state index contributed by atoms with van der Waals surface area (Å²) in [5, 5.41) is 3.41. The molecule has 2 N–H and O–H groups in total. The van der Waals surface area contributed by atoms with Crippen LogP contribution in [0.4, 0.5) is 11.4 Å². The molecule has 0 radical (unpaired) electrons. The van der Waals surface area contributed by atoms with Gasteiger partial charge in [0.05, 0.1) is 18.2 Å². The number of aromatic nitrogens is 2. The number of amides is 1. The van der Waals surface area contributed by atoms with E-state index >= 15 is 0 Å². The van der Waals surface area contributed by atoms with Crippen molar-refractivity contribution in [3.05, 3.63) is 42.0 Å². The molecule has 1 aliphatic rings. The van der Waals surface area contributed by atoms with Crippen LogP contribution in [0.3, 0.4) is 0 Å². The van der Waals surface area contributed by atoms with Gasteiger partial charge in [0.15, 0.2) is 0 Å². The average molecular weight is 296 g/mol. The molecule has 3 rings (SSSR count). The first-order chi connectivity index (χ1) is 10.7. The summed E-state index contributed by atoms with van der Waals surface area (Å²) < 4.78 is 0. The Kier molecular flexibility index (Phi) is 3.96. The van der Waals surface area contributed by atoms with E-state index in [-0.39, 0.29) is 5.91 Å². The normalized spacial score (nSPS) is 15.3. The number of nitrogens with one attached hydrogen (secondary N) is 2. The second-order valence-electron chi connectivity index (χ2n) is 5.39. The van der Waals surface area contributed by atoms with E-state index in [9.17, 15) is 4.79 Å². The van der Waals surface area contributed by atoms with Gasteiger partial charge in [0.25, 0.3) is 0 Å². The Morgan fingerprint density at radius 3 is 3.05 bits per heavy atom. The van der Waals surface area contributed by atoms with Gasteiger partial charge in [-0.25, -0.2) is 4.98 Å². The third-order valence-electron chi connectivity index (χ3n) is 3.97. The predicted molar refractivity (Wildman–Crippen MR) is 89.7 cm³/mol. The largest absolute Gasteiger partial charge is 0.384 e. The number of rotatable bonds is 3. The van der Waals surface area contributed by atoms with Crippen LogP contribution in [0, 0.1) is 0 Å². The van der Waals surface area contributed by atoms with E-state index in [1.807, 2.05) is 32.3 Å². The molecule has 1 aliphatic heterocycles. The van der Waals surface area contributed by atoms with Gasteiger partial charge in [-0.2, -0.15) is 0 Å². The molecule has 0 saturated heterocycles. The van der Waals surface area contributed by atoms with E-state index in [0.29, 0.717) is 6.42 Å². The maximum Gasteiger partial charge on any atom is 0.226 e. The molecule has 0 saturated carbocycles. The van der Waals surface area contributed by atoms with Crippen molar-refractivity contribution < 1.29 is 4.79 Å². The lowest BCUT2D eigenvalue weighted by Gasteiger charge is -2.24. The van der Waals surface area contributed by atoms with Gasteiger partial charge in [-0.3, -0.25) is 4.79 Å². The van der Waals surface area contributed by atoms with Gasteiger partial charge < -0.3 is 15.2 Å². The highest BCUT2D eigenvalue weighted by Gasteiger charge is 2.17. The van der Waals surface area contributed by atoms with Crippen molar-refractivity contribution in [2.24, 2.45) is 0 Å². The number of carbonyl (C=O) groups is 1. The number of H-pyrrole nitrogens is 1. The molecule has 0 bridgehead atoms. The molecule has 114 valence electrons. The minimum Gasteiger partial charge on any atom is -0.384 e. The zero-order valence-electron chi connectivity index (χ0n) is 12.9. The summed E-state index contributed by atoms with van der Waals surface area (Å²) in [6, 6.07) is 6.11. The fourth-order valence-corrected chi connectivity index (χ4v) is 2.69. The smallest absolute Gasteiger partial charge is 0.226 e. The summed E-state index contributed by atoms with van der Waals surface area (Å²) in [7, 11) is 1.82. The standard InChI is InChI=1S/C17H20N4O/c1-3-17(22)21(2)14-4-5-16-15(9-14)12(6-7-19-16)8-13-10-18-11-20-13/h4-5,8-11,19H,3,6-7H2,1-2H3,(H,18,20)/b12-8+. The van der Waals surface area contributed by atoms with Crippen LogP contribution >= 0.6 is 0 Å². The number of anilines is 2. The van der Waals surface area contributed by atoms with Gasteiger partial charge in [0, 0.05) is 37.0 Å². The first kappa shape index (κ1) is 14.4. The van der Waals surface area contributed by atoms with E-state index in [2.05, 4.69) is 27.4 Å². The lowest BCUT2D eigenvalue weighted by Crippen LogP contribution is -2.25. The van der Waals surface area contributed by atoms with Crippen LogP contribution in [-0.4, -0.2) is 29.5 Å². The zero-order chi connectivity index (χ0) is 15.5. The highest BCUT2D eigenvalue weighted by Crippen LogP contribution is 2.34. The second-order valence-corrected chi connectivity index (χ2v) is 5.39. The Hall–Kier alpha value is -2.56. The zero-order valence-corrected chi connectivity index (χ0v) is 12.9. The fourth-order valence-electron chi connectivity index (χ4n) is 2.69. The van der Waals surface area contributed by atoms with Crippen LogP contribution in [0.5, 0.6) is 0 Å². The summed E-state index contributed by atoms with van der Waals surface area (Å²) in [6.45, 7) is 2.79. The third-order valence-corrected chi connectivity index (χ3v) is 3.97. The first-order valence-corrected chi connectivity index (χ1v) is 7.53. The Morgan fingerprint density at radius 2 is 2.32 bits per heavy atom. The number of hydrogen-bond donors (Lipinski definition) is 2. The Morgan fingerprint density at radius 1 is 1.45 bits per heavy atom. The number of imidazole rings is 1. The van der Waals surface area contributed by atoms with Crippen molar-refractivity contribution in [3.63, 3.8) is 0 Å². The topological polar surface area (TPSA) is 61.0 Å². The van der Waals surface area contributed by atoms with E-state index in [1.54, 1.807) is 11.2 Å². The minimum atomic E-state index is 0.114. The van der Waals surface area contributed by atoms with Crippen molar-refractivity contribution in [2.45, 2.75) is 19.8 Å². The van der Waals surface area contributed by atoms with Crippen LogP contribution in [0.1, 0.15) is 31.0 Å². The number of carbonyl (C=O) groups excluding carboxylic acids is 1. The van der Waals surface area contributed by atoms with Gasteiger partial charge in [0.2, 0.25) is 5.91 Å². The molecule has 5 heteroatoms. The lowest BCUT2D eigenvalue weighted by atomic mass is 9.95. The summed E-state index contributed by atoms with van der Waals surface area (Å²) >= 11 is 0. The highest BCUT2D eigenvalue weighted by atomic mass is 16.2. The number of hydrogen-bond acceptors (Lipinski definition) is 3. The van der Waals surface area contributed by atoms with E-state index in [0.717, 1.165) is 35.6 Å². The van der Waals surface area contributed by atoms with Crippen LogP contribution < -0.4 is 10.2 Å². The summed E-state index contributed by atoms with van der Waals surface area (Å²) in [6.07, 6.45) is 7.06. The average Bonchev–Trinajstić information content (AvgIpc) is 3.06. The van der Waals surface area contributed by atoms with Gasteiger partial charge in [-0.15, -0.1) is 0 Å². The molecule has 0 atom stereocenters. The summed E-state index contributed by atoms with van der Waals surface area (Å²) in [5.41, 5.74) is 5.42. The fraction of sp³-hybridized carbons (Fsp3) is 0.294. The van der Waals surface area contributed by atoms with E-state index in [4.69, 9.17) is 0 Å². The molecule has 0 unspecified atom stereocenters. The Bertz CT molecular complexity index is 703. The second kappa shape index (κ2) is 6.05. The van der Waals surface area contributed by atoms with Crippen molar-refractivity contribution in [3.8, 4) is 0 Å². The predicted octanol–water partition coefficient (Wildman–Crippen LogP) is 3.14. The van der Waals surface area contributed by atoms with Crippen molar-refractivity contribution in [2.75, 3.05) is 23.8 Å². The van der Waals surface area contributed by atoms with Crippen LogP contribution in [-0.2, 0) is 4.79 Å².